The van der Waals surface area contributed by atoms with Crippen molar-refractivity contribution in [1.29, 1.82) is 10.5 Å². The fraction of sp³-hybridized carbons (Fsp3) is 0.154. The maximum absolute atomic E-state index is 8.45. The third kappa shape index (κ3) is 15.5. The number of nitriles is 2. The molecule has 3 aromatic carbocycles. The van der Waals surface area contributed by atoms with E-state index in [-0.39, 0.29) is 0 Å². The summed E-state index contributed by atoms with van der Waals surface area (Å²) in [6, 6.07) is 29.3. The van der Waals surface area contributed by atoms with Crippen molar-refractivity contribution in [2.24, 2.45) is 0 Å². The van der Waals surface area contributed by atoms with Crippen LogP contribution in [0.15, 0.2) is 84.9 Å². The van der Waals surface area contributed by atoms with Crippen LogP contribution in [-0.2, 0) is 9.47 Å². The molecule has 0 aliphatic carbocycles. The summed E-state index contributed by atoms with van der Waals surface area (Å²) in [5.41, 5.74) is 1.73. The van der Waals surface area contributed by atoms with Crippen LogP contribution in [-0.4, -0.2) is 28.4 Å². The molecule has 6 heteroatoms. The van der Waals surface area contributed by atoms with Gasteiger partial charge in [0.15, 0.2) is 11.4 Å². The molecule has 0 unspecified atom stereocenters. The topological polar surface area (TPSA) is 74.8 Å². The molecular weight excluding hydrogens is 400 g/mol. The fourth-order valence-corrected chi connectivity index (χ4v) is 1.72. The van der Waals surface area contributed by atoms with Crippen LogP contribution >= 0.6 is 0 Å². The van der Waals surface area contributed by atoms with Crippen molar-refractivity contribution >= 4 is 11.4 Å². The molecule has 0 aliphatic heterocycles. The van der Waals surface area contributed by atoms with Crippen LogP contribution in [0.3, 0.4) is 0 Å². The Balaban J connectivity index is 0. The summed E-state index contributed by atoms with van der Waals surface area (Å²) >= 11 is 0. The Morgan fingerprint density at radius 1 is 0.562 bits per heavy atom. The van der Waals surface area contributed by atoms with E-state index in [0.29, 0.717) is 22.5 Å². The van der Waals surface area contributed by atoms with Crippen LogP contribution in [0.5, 0.6) is 0 Å². The van der Waals surface area contributed by atoms with Gasteiger partial charge in [-0.1, -0.05) is 72.8 Å². The Kier molecular flexibility index (Phi) is 21.2. The molecule has 32 heavy (non-hydrogen) atoms. The van der Waals surface area contributed by atoms with E-state index in [0.717, 1.165) is 0 Å². The zero-order chi connectivity index (χ0) is 24.5. The van der Waals surface area contributed by atoms with E-state index in [1.165, 1.54) is 0 Å². The number of hydrogen-bond acceptors (Lipinski definition) is 4. The smallest absolute Gasteiger partial charge is 0.194 e. The first-order chi connectivity index (χ1) is 15.6. The van der Waals surface area contributed by atoms with E-state index in [1.54, 1.807) is 77.0 Å². The molecule has 0 heterocycles. The Morgan fingerprint density at radius 2 is 0.812 bits per heavy atom. The number of rotatable bonds is 0. The summed E-state index contributed by atoms with van der Waals surface area (Å²) in [6.45, 7) is 13.3. The van der Waals surface area contributed by atoms with Gasteiger partial charge >= 0.3 is 0 Å². The van der Waals surface area contributed by atoms with Crippen molar-refractivity contribution in [3.05, 3.63) is 119 Å². The molecule has 0 atom stereocenters. The SMILES string of the molecule is COC.COC.N#Cc1ccccc1C#N.[C-]#[N+]c1ccccc1[N+]#[C-].c1ccccc1. The van der Waals surface area contributed by atoms with Crippen LogP contribution < -0.4 is 0 Å². The minimum absolute atomic E-state index is 0.428. The molecule has 0 bridgehead atoms. The lowest BCUT2D eigenvalue weighted by molar-refractivity contribution is 0.277. The van der Waals surface area contributed by atoms with Gasteiger partial charge < -0.3 is 9.47 Å². The van der Waals surface area contributed by atoms with Gasteiger partial charge in [-0.05, 0) is 12.1 Å². The Labute approximate surface area is 191 Å². The molecule has 3 aromatic rings. The molecule has 0 saturated carbocycles. The molecule has 3 rings (SSSR count). The predicted molar refractivity (Wildman–Crippen MR) is 127 cm³/mol. The highest BCUT2D eigenvalue weighted by Crippen LogP contribution is 2.26. The molecule has 0 spiro atoms. The highest BCUT2D eigenvalue weighted by atomic mass is 16.5. The van der Waals surface area contributed by atoms with Crippen LogP contribution in [0.4, 0.5) is 11.4 Å². The quantitative estimate of drug-likeness (QED) is 0.388. The first-order valence-electron chi connectivity index (χ1n) is 9.13. The van der Waals surface area contributed by atoms with Gasteiger partial charge in [0, 0.05) is 28.4 Å². The van der Waals surface area contributed by atoms with Crippen LogP contribution in [0.25, 0.3) is 9.69 Å². The van der Waals surface area contributed by atoms with Crippen LogP contribution in [0, 0.1) is 35.8 Å². The third-order valence-electron chi connectivity index (χ3n) is 2.96. The van der Waals surface area contributed by atoms with Crippen LogP contribution in [0.1, 0.15) is 11.1 Å². The van der Waals surface area contributed by atoms with E-state index < -0.39 is 0 Å². The second-order valence-corrected chi connectivity index (χ2v) is 5.45. The standard InChI is InChI=1S/2C8H4N2.C6H6.2C2H6O/c1-9-7-5-3-4-6-8(7)10-2;9-5-7-3-1-2-4-8(7)6-10;1-2-4-6-5-3-1;2*1-3-2/h3-6H;1-4H;1-6H;2*1-2H3. The van der Waals surface area contributed by atoms with Crippen molar-refractivity contribution in [1.82, 2.24) is 0 Å². The van der Waals surface area contributed by atoms with Gasteiger partial charge in [0.1, 0.15) is 12.1 Å². The van der Waals surface area contributed by atoms with E-state index in [4.69, 9.17) is 23.7 Å². The lowest BCUT2D eigenvalue weighted by atomic mass is 10.1. The normalized spacial score (nSPS) is 7.50. The van der Waals surface area contributed by atoms with Crippen molar-refractivity contribution in [3.8, 4) is 12.1 Å². The lowest BCUT2D eigenvalue weighted by Crippen LogP contribution is -1.79. The number of ether oxygens (including phenoxy) is 2. The molecular formula is C26H26N4O2. The van der Waals surface area contributed by atoms with Crippen molar-refractivity contribution in [2.75, 3.05) is 28.4 Å². The van der Waals surface area contributed by atoms with E-state index in [1.807, 2.05) is 48.5 Å². The van der Waals surface area contributed by atoms with Crippen LogP contribution in [0.2, 0.25) is 0 Å². The molecule has 0 saturated heterocycles. The van der Waals surface area contributed by atoms with E-state index >= 15 is 0 Å². The first-order valence-corrected chi connectivity index (χ1v) is 9.13. The van der Waals surface area contributed by atoms with Gasteiger partial charge in [0.2, 0.25) is 0 Å². The molecule has 6 nitrogen and oxygen atoms in total. The predicted octanol–water partition coefficient (Wildman–Crippen LogP) is 6.43. The number of nitrogens with zero attached hydrogens (tertiary/aromatic N) is 4. The minimum atomic E-state index is 0.428. The molecule has 0 N–H and O–H groups in total. The maximum atomic E-state index is 8.45. The summed E-state index contributed by atoms with van der Waals surface area (Å²) in [6.07, 6.45) is 0. The Bertz CT molecular complexity index is 862. The molecule has 0 amide bonds. The fourth-order valence-electron chi connectivity index (χ4n) is 1.72. The minimum Gasteiger partial charge on any atom is -0.388 e. The second kappa shape index (κ2) is 22.8. The number of hydrogen-bond donors (Lipinski definition) is 0. The van der Waals surface area contributed by atoms with Gasteiger partial charge in [-0.2, -0.15) is 10.5 Å². The average molecular weight is 427 g/mol. The summed E-state index contributed by atoms with van der Waals surface area (Å²) < 4.78 is 8.50. The molecule has 162 valence electrons. The van der Waals surface area contributed by atoms with Gasteiger partial charge in [-0.15, -0.1) is 0 Å². The van der Waals surface area contributed by atoms with E-state index in [9.17, 15) is 0 Å². The van der Waals surface area contributed by atoms with Gasteiger partial charge in [0.05, 0.1) is 24.3 Å². The monoisotopic (exact) mass is 426 g/mol. The molecule has 0 aromatic heterocycles. The highest BCUT2D eigenvalue weighted by molar-refractivity contribution is 5.69. The van der Waals surface area contributed by atoms with Gasteiger partial charge in [-0.3, -0.25) is 9.69 Å². The zero-order valence-electron chi connectivity index (χ0n) is 18.7. The van der Waals surface area contributed by atoms with Crippen molar-refractivity contribution in [3.63, 3.8) is 0 Å². The molecule has 0 aliphatic rings. The number of methoxy groups -OCH3 is 2. The number of para-hydroxylation sites is 2. The third-order valence-corrected chi connectivity index (χ3v) is 2.96. The second-order valence-electron chi connectivity index (χ2n) is 5.45. The summed E-state index contributed by atoms with van der Waals surface area (Å²) in [7, 11) is 6.50. The zero-order valence-corrected chi connectivity index (χ0v) is 18.7. The number of benzene rings is 3. The van der Waals surface area contributed by atoms with Gasteiger partial charge in [0.25, 0.3) is 0 Å². The summed E-state index contributed by atoms with van der Waals surface area (Å²) in [5.74, 6) is 0. The Hall–Kier alpha value is -4.46. The van der Waals surface area contributed by atoms with Crippen molar-refractivity contribution in [2.45, 2.75) is 0 Å². The average Bonchev–Trinajstić information content (AvgIpc) is 2.86. The summed E-state index contributed by atoms with van der Waals surface area (Å²) in [5, 5.41) is 16.9. The lowest BCUT2D eigenvalue weighted by Gasteiger charge is -1.88. The van der Waals surface area contributed by atoms with Gasteiger partial charge in [-0.25, -0.2) is 0 Å². The maximum Gasteiger partial charge on any atom is 0.194 e. The molecule has 0 radical (unpaired) electrons. The molecule has 0 fully saturated rings. The first kappa shape index (κ1) is 29.7. The highest BCUT2D eigenvalue weighted by Gasteiger charge is 1.96. The van der Waals surface area contributed by atoms with E-state index in [2.05, 4.69) is 19.2 Å². The van der Waals surface area contributed by atoms with Crippen molar-refractivity contribution < 1.29 is 9.47 Å². The summed E-state index contributed by atoms with van der Waals surface area (Å²) in [4.78, 5) is 6.36. The Morgan fingerprint density at radius 3 is 1.03 bits per heavy atom. The largest absolute Gasteiger partial charge is 0.388 e.